The van der Waals surface area contributed by atoms with Crippen LogP contribution in [0.1, 0.15) is 25.5 Å². The molecule has 2 N–H and O–H groups in total. The second-order valence-electron chi connectivity index (χ2n) is 4.35. The van der Waals surface area contributed by atoms with Gasteiger partial charge in [-0.05, 0) is 24.6 Å². The van der Waals surface area contributed by atoms with Crippen molar-refractivity contribution >= 4 is 23.4 Å². The van der Waals surface area contributed by atoms with E-state index in [1.807, 2.05) is 36.0 Å². The maximum Gasteiger partial charge on any atom is 0.221 e. The fourth-order valence-electron chi connectivity index (χ4n) is 1.72. The van der Waals surface area contributed by atoms with Gasteiger partial charge in [-0.15, -0.1) is 6.58 Å². The van der Waals surface area contributed by atoms with Crippen LogP contribution in [-0.4, -0.2) is 24.0 Å². The number of amides is 1. The van der Waals surface area contributed by atoms with E-state index >= 15 is 0 Å². The minimum Gasteiger partial charge on any atom is -0.326 e. The molecule has 1 rings (SSSR count). The lowest BCUT2D eigenvalue weighted by atomic mass is 10.1. The van der Waals surface area contributed by atoms with Gasteiger partial charge in [0.1, 0.15) is 0 Å². The lowest BCUT2D eigenvalue weighted by Gasteiger charge is -2.15. The Morgan fingerprint density at radius 2 is 2.32 bits per heavy atom. The van der Waals surface area contributed by atoms with Crippen LogP contribution >= 0.6 is 11.8 Å². The Morgan fingerprint density at radius 1 is 1.53 bits per heavy atom. The Labute approximate surface area is 119 Å². The number of anilines is 1. The highest BCUT2D eigenvalue weighted by Gasteiger charge is 2.05. The van der Waals surface area contributed by atoms with E-state index < -0.39 is 0 Å². The van der Waals surface area contributed by atoms with Crippen LogP contribution in [0.4, 0.5) is 5.69 Å². The van der Waals surface area contributed by atoms with Gasteiger partial charge in [-0.3, -0.25) is 4.79 Å². The molecule has 0 bridgehead atoms. The number of hydrogen-bond donors (Lipinski definition) is 2. The monoisotopic (exact) mass is 278 g/mol. The van der Waals surface area contributed by atoms with Gasteiger partial charge in [0, 0.05) is 36.7 Å². The maximum atomic E-state index is 11.0. The van der Waals surface area contributed by atoms with Gasteiger partial charge in [0.05, 0.1) is 0 Å². The zero-order chi connectivity index (χ0) is 14.1. The molecule has 1 amide bonds. The number of thioether (sulfide) groups is 1. The summed E-state index contributed by atoms with van der Waals surface area (Å²) in [4.78, 5) is 11.0. The zero-order valence-corrected chi connectivity index (χ0v) is 12.4. The Bertz CT molecular complexity index is 420. The molecule has 3 nitrogen and oxygen atoms in total. The number of benzene rings is 1. The van der Waals surface area contributed by atoms with E-state index in [1.165, 1.54) is 12.5 Å². The largest absolute Gasteiger partial charge is 0.326 e. The Kier molecular flexibility index (Phi) is 7.30. The lowest BCUT2D eigenvalue weighted by molar-refractivity contribution is -0.114. The normalized spacial score (nSPS) is 11.9. The standard InChI is InChI=1S/C15H22N2OS/c1-4-9-19-10-8-16-12(2)14-6-5-7-15(11-14)17-13(3)18/h4-7,11-12,16H,1,8-10H2,2-3H3,(H,17,18). The van der Waals surface area contributed by atoms with E-state index in [4.69, 9.17) is 0 Å². The number of rotatable bonds is 8. The summed E-state index contributed by atoms with van der Waals surface area (Å²) in [6, 6.07) is 8.22. The van der Waals surface area contributed by atoms with Crippen LogP contribution in [-0.2, 0) is 4.79 Å². The third-order valence-electron chi connectivity index (χ3n) is 2.64. The molecule has 4 heteroatoms. The topological polar surface area (TPSA) is 41.1 Å². The summed E-state index contributed by atoms with van der Waals surface area (Å²) in [5.41, 5.74) is 2.03. The lowest BCUT2D eigenvalue weighted by Crippen LogP contribution is -2.21. The quantitative estimate of drug-likeness (QED) is 0.567. The summed E-state index contributed by atoms with van der Waals surface area (Å²) in [6.07, 6.45) is 1.92. The molecule has 1 unspecified atom stereocenters. The van der Waals surface area contributed by atoms with Crippen molar-refractivity contribution in [2.24, 2.45) is 0 Å². The molecule has 1 aromatic carbocycles. The predicted molar refractivity (Wildman–Crippen MR) is 84.7 cm³/mol. The molecule has 19 heavy (non-hydrogen) atoms. The third kappa shape index (κ3) is 6.45. The van der Waals surface area contributed by atoms with E-state index in [0.29, 0.717) is 0 Å². The van der Waals surface area contributed by atoms with Crippen molar-refractivity contribution in [1.29, 1.82) is 0 Å². The molecule has 0 spiro atoms. The molecule has 0 saturated carbocycles. The summed E-state index contributed by atoms with van der Waals surface area (Å²) in [6.45, 7) is 8.31. The summed E-state index contributed by atoms with van der Waals surface area (Å²) in [7, 11) is 0. The first-order chi connectivity index (χ1) is 9.13. The molecule has 1 atom stereocenters. The first kappa shape index (κ1) is 15.8. The number of hydrogen-bond acceptors (Lipinski definition) is 3. The second-order valence-corrected chi connectivity index (χ2v) is 5.50. The van der Waals surface area contributed by atoms with E-state index in [-0.39, 0.29) is 11.9 Å². The molecule has 0 aliphatic heterocycles. The van der Waals surface area contributed by atoms with Gasteiger partial charge in [0.15, 0.2) is 0 Å². The fourth-order valence-corrected chi connectivity index (χ4v) is 2.32. The number of carbonyl (C=O) groups is 1. The molecule has 1 aromatic rings. The third-order valence-corrected chi connectivity index (χ3v) is 3.60. The van der Waals surface area contributed by atoms with Crippen LogP contribution < -0.4 is 10.6 Å². The molecule has 0 aromatic heterocycles. The van der Waals surface area contributed by atoms with Gasteiger partial charge in [0.2, 0.25) is 5.91 Å². The summed E-state index contributed by atoms with van der Waals surface area (Å²) in [5.74, 6) is 2.02. The summed E-state index contributed by atoms with van der Waals surface area (Å²) >= 11 is 1.86. The number of carbonyl (C=O) groups excluding carboxylic acids is 1. The smallest absolute Gasteiger partial charge is 0.221 e. The highest BCUT2D eigenvalue weighted by Crippen LogP contribution is 2.17. The SMILES string of the molecule is C=CCSCCNC(C)c1cccc(NC(C)=O)c1. The average molecular weight is 278 g/mol. The van der Waals surface area contributed by atoms with Crippen molar-refractivity contribution in [3.8, 4) is 0 Å². The van der Waals surface area contributed by atoms with Crippen molar-refractivity contribution in [2.75, 3.05) is 23.4 Å². The van der Waals surface area contributed by atoms with Gasteiger partial charge < -0.3 is 10.6 Å². The van der Waals surface area contributed by atoms with E-state index in [1.54, 1.807) is 0 Å². The van der Waals surface area contributed by atoms with Crippen LogP contribution in [0.15, 0.2) is 36.9 Å². The zero-order valence-electron chi connectivity index (χ0n) is 11.6. The van der Waals surface area contributed by atoms with E-state index in [0.717, 1.165) is 23.7 Å². The Balaban J connectivity index is 2.44. The highest BCUT2D eigenvalue weighted by atomic mass is 32.2. The van der Waals surface area contributed by atoms with Gasteiger partial charge in [-0.25, -0.2) is 0 Å². The van der Waals surface area contributed by atoms with Gasteiger partial charge >= 0.3 is 0 Å². The molecule has 0 saturated heterocycles. The Morgan fingerprint density at radius 3 is 3.00 bits per heavy atom. The maximum absolute atomic E-state index is 11.0. The summed E-state index contributed by atoms with van der Waals surface area (Å²) < 4.78 is 0. The van der Waals surface area contributed by atoms with E-state index in [9.17, 15) is 4.79 Å². The number of nitrogens with one attached hydrogen (secondary N) is 2. The van der Waals surface area contributed by atoms with Gasteiger partial charge in [-0.1, -0.05) is 18.2 Å². The first-order valence-electron chi connectivity index (χ1n) is 6.43. The molecule has 0 fully saturated rings. The second kappa shape index (κ2) is 8.77. The van der Waals surface area contributed by atoms with Crippen molar-refractivity contribution in [3.05, 3.63) is 42.5 Å². The highest BCUT2D eigenvalue weighted by molar-refractivity contribution is 7.99. The van der Waals surface area contributed by atoms with Crippen molar-refractivity contribution in [1.82, 2.24) is 5.32 Å². The molecule has 0 aliphatic rings. The molecular weight excluding hydrogens is 256 g/mol. The van der Waals surface area contributed by atoms with Crippen molar-refractivity contribution in [2.45, 2.75) is 19.9 Å². The van der Waals surface area contributed by atoms with Crippen molar-refractivity contribution in [3.63, 3.8) is 0 Å². The first-order valence-corrected chi connectivity index (χ1v) is 7.58. The van der Waals surface area contributed by atoms with E-state index in [2.05, 4.69) is 30.2 Å². The summed E-state index contributed by atoms with van der Waals surface area (Å²) in [5, 5.41) is 6.27. The predicted octanol–water partition coefficient (Wildman–Crippen LogP) is 3.21. The minimum atomic E-state index is -0.0430. The Hall–Kier alpha value is -1.26. The molecule has 0 radical (unpaired) electrons. The van der Waals surface area contributed by atoms with Crippen LogP contribution in [0.2, 0.25) is 0 Å². The molecule has 0 aliphatic carbocycles. The van der Waals surface area contributed by atoms with Crippen LogP contribution in [0.5, 0.6) is 0 Å². The van der Waals surface area contributed by atoms with Crippen LogP contribution in [0.3, 0.4) is 0 Å². The van der Waals surface area contributed by atoms with Gasteiger partial charge in [-0.2, -0.15) is 11.8 Å². The van der Waals surface area contributed by atoms with Gasteiger partial charge in [0.25, 0.3) is 0 Å². The van der Waals surface area contributed by atoms with Crippen molar-refractivity contribution < 1.29 is 4.79 Å². The van der Waals surface area contributed by atoms with Crippen LogP contribution in [0, 0.1) is 0 Å². The molecular formula is C15H22N2OS. The molecule has 104 valence electrons. The average Bonchev–Trinajstić information content (AvgIpc) is 2.38. The minimum absolute atomic E-state index is 0.0430. The molecule has 0 heterocycles. The fraction of sp³-hybridized carbons (Fsp3) is 0.400. The van der Waals surface area contributed by atoms with Crippen LogP contribution in [0.25, 0.3) is 0 Å².